The Hall–Kier alpha value is -3.67. The van der Waals surface area contributed by atoms with Crippen LogP contribution >= 0.6 is 0 Å². The van der Waals surface area contributed by atoms with Gasteiger partial charge in [-0.15, -0.1) is 29.1 Å². The molecule has 2 aromatic carbocycles. The van der Waals surface area contributed by atoms with E-state index in [1.54, 1.807) is 6.33 Å². The van der Waals surface area contributed by atoms with Crippen LogP contribution in [-0.4, -0.2) is 25.8 Å². The average Bonchev–Trinajstić information content (AvgIpc) is 3.52. The van der Waals surface area contributed by atoms with Crippen LogP contribution in [-0.2, 0) is 36.7 Å². The van der Waals surface area contributed by atoms with Crippen molar-refractivity contribution in [2.75, 3.05) is 0 Å². The van der Waals surface area contributed by atoms with E-state index >= 15 is 0 Å². The molecule has 0 unspecified atom stereocenters. The maximum Gasteiger partial charge on any atom is 0.164 e. The molecule has 0 spiro atoms. The molecule has 5 aromatic rings. The topological polar surface area (TPSA) is 89.1 Å². The number of aromatic nitrogens is 3. The predicted molar refractivity (Wildman–Crippen MR) is 207 cm³/mol. The molecular formula is C44H56IrN3O3-. The summed E-state index contributed by atoms with van der Waals surface area (Å²) < 4.78 is 5.97. The monoisotopic (exact) mass is 867 g/mol. The number of carbonyl (C=O) groups is 1. The van der Waals surface area contributed by atoms with Crippen molar-refractivity contribution in [2.45, 2.75) is 114 Å². The summed E-state index contributed by atoms with van der Waals surface area (Å²) in [6, 6.07) is 18.2. The number of aliphatic hydroxyl groups excluding tert-OH is 1. The van der Waals surface area contributed by atoms with E-state index in [-0.39, 0.29) is 47.9 Å². The molecule has 0 fully saturated rings. The van der Waals surface area contributed by atoms with Crippen molar-refractivity contribution in [1.29, 1.82) is 0 Å². The number of carbonyl (C=O) groups excluding carboxylic acids is 1. The zero-order valence-corrected chi connectivity index (χ0v) is 34.8. The number of fused-ring (bicyclic) bond motifs is 2. The number of furan rings is 1. The number of pyridine rings is 1. The van der Waals surface area contributed by atoms with Crippen LogP contribution in [0.4, 0.5) is 0 Å². The van der Waals surface area contributed by atoms with E-state index in [2.05, 4.69) is 86.0 Å². The van der Waals surface area contributed by atoms with E-state index in [4.69, 9.17) is 4.42 Å². The van der Waals surface area contributed by atoms with Gasteiger partial charge in [-0.25, -0.2) is 4.98 Å². The number of allylic oxidation sites excluding steroid dienone is 2. The molecule has 6 nitrogen and oxygen atoms in total. The number of hydrogen-bond acceptors (Lipinski definition) is 6. The summed E-state index contributed by atoms with van der Waals surface area (Å²) in [5.74, 6) is 0.835. The Morgan fingerprint density at radius 3 is 2.10 bits per heavy atom. The van der Waals surface area contributed by atoms with E-state index in [1.165, 1.54) is 22.6 Å². The molecule has 0 aliphatic heterocycles. The number of ketones is 1. The van der Waals surface area contributed by atoms with Crippen molar-refractivity contribution in [2.24, 2.45) is 16.7 Å². The Morgan fingerprint density at radius 1 is 0.863 bits per heavy atom. The molecule has 1 radical (unpaired) electrons. The molecule has 0 aliphatic carbocycles. The second-order valence-electron chi connectivity index (χ2n) is 15.5. The first-order chi connectivity index (χ1) is 23.6. The second kappa shape index (κ2) is 17.2. The van der Waals surface area contributed by atoms with Crippen LogP contribution in [0.2, 0.25) is 0 Å². The van der Waals surface area contributed by atoms with E-state index in [9.17, 15) is 9.90 Å². The summed E-state index contributed by atoms with van der Waals surface area (Å²) in [6.07, 6.45) is 11.0. The van der Waals surface area contributed by atoms with Crippen molar-refractivity contribution in [3.63, 3.8) is 0 Å². The molecule has 0 aliphatic rings. The molecule has 51 heavy (non-hydrogen) atoms. The number of nitrogens with zero attached hydrogens (tertiary/aromatic N) is 3. The Labute approximate surface area is 319 Å². The standard InChI is InChI=1S/C29H28N3O.C15H28O2.Ir/c1-18(2)12-21-16-33-28-23(21)10-11-30-27(28)26-15-25(31-17-32-26)20-13-19-8-6-7-9-22(19)24(14-20)29(3,4)5;1-7-14(5,8-2)12(16)11-13(17)15(6,9-3)10-4;/h6-11,14-18H,12H2,1-5H3;11,16H,7-10H2,1-6H3;/q-1;;/b;12-11-;. The summed E-state index contributed by atoms with van der Waals surface area (Å²) in [7, 11) is 0. The van der Waals surface area contributed by atoms with Gasteiger partial charge in [-0.3, -0.25) is 14.8 Å². The third-order valence-electron chi connectivity index (χ3n) is 10.6. The molecule has 0 saturated carbocycles. The molecule has 5 rings (SSSR count). The predicted octanol–water partition coefficient (Wildman–Crippen LogP) is 12.0. The van der Waals surface area contributed by atoms with Crippen LogP contribution in [0, 0.1) is 22.8 Å². The maximum atomic E-state index is 12.2. The fourth-order valence-electron chi connectivity index (χ4n) is 6.10. The SMILES string of the molecule is CC(C)Cc1coc2c(-c3cc(-c4[c-]c5ccccc5c(C(C)(C)C)c4)ncn3)nccc12.CCC(C)(CC)C(=O)/C=C(\O)C(C)(CC)CC.[Ir]. The van der Waals surface area contributed by atoms with Crippen molar-refractivity contribution in [1.82, 2.24) is 15.0 Å². The first kappa shape index (κ1) is 41.7. The van der Waals surface area contributed by atoms with Crippen molar-refractivity contribution >= 4 is 27.5 Å². The van der Waals surface area contributed by atoms with Gasteiger partial charge in [0.15, 0.2) is 11.4 Å². The summed E-state index contributed by atoms with van der Waals surface area (Å²) in [6.45, 7) is 23.2. The van der Waals surface area contributed by atoms with Crippen molar-refractivity contribution < 1.29 is 34.4 Å². The van der Waals surface area contributed by atoms with Gasteiger partial charge in [-0.2, -0.15) is 0 Å². The van der Waals surface area contributed by atoms with Gasteiger partial charge in [0, 0.05) is 54.3 Å². The van der Waals surface area contributed by atoms with Crippen LogP contribution in [0.25, 0.3) is 44.4 Å². The molecule has 0 atom stereocenters. The van der Waals surface area contributed by atoms with Gasteiger partial charge in [0.1, 0.15) is 17.8 Å². The molecule has 0 saturated heterocycles. The van der Waals surface area contributed by atoms with Crippen molar-refractivity contribution in [3.05, 3.63) is 90.3 Å². The van der Waals surface area contributed by atoms with Crippen LogP contribution in [0.15, 0.2) is 77.5 Å². The summed E-state index contributed by atoms with van der Waals surface area (Å²) in [5, 5.41) is 13.5. The van der Waals surface area contributed by atoms with Gasteiger partial charge in [0.2, 0.25) is 0 Å². The fraction of sp³-hybridized carbons (Fsp3) is 0.455. The first-order valence-electron chi connectivity index (χ1n) is 18.2. The number of benzene rings is 2. The number of aliphatic hydroxyl groups is 1. The molecule has 3 heterocycles. The molecular weight excluding hydrogens is 811 g/mol. The van der Waals surface area contributed by atoms with Gasteiger partial charge in [0.05, 0.1) is 12.0 Å². The maximum absolute atomic E-state index is 12.2. The summed E-state index contributed by atoms with van der Waals surface area (Å²) in [4.78, 5) is 25.9. The molecule has 275 valence electrons. The minimum Gasteiger partial charge on any atom is -0.512 e. The van der Waals surface area contributed by atoms with Crippen molar-refractivity contribution in [3.8, 4) is 22.6 Å². The zero-order chi connectivity index (χ0) is 36.9. The molecule has 3 aromatic heterocycles. The zero-order valence-electron chi connectivity index (χ0n) is 32.4. The molecule has 1 N–H and O–H groups in total. The first-order valence-corrected chi connectivity index (χ1v) is 18.2. The Kier molecular flexibility index (Phi) is 14.1. The van der Waals surface area contributed by atoms with E-state index in [0.29, 0.717) is 5.92 Å². The Bertz CT molecular complexity index is 1960. The van der Waals surface area contributed by atoms with Gasteiger partial charge in [-0.1, -0.05) is 105 Å². The van der Waals surface area contributed by atoms with Crippen LogP contribution in [0.3, 0.4) is 0 Å². The molecule has 0 bridgehead atoms. The minimum absolute atomic E-state index is 0. The number of rotatable bonds is 11. The van der Waals surface area contributed by atoms with E-state index in [1.807, 2.05) is 66.1 Å². The quantitative estimate of drug-likeness (QED) is 0.0808. The van der Waals surface area contributed by atoms with Crippen LogP contribution in [0.5, 0.6) is 0 Å². The molecule has 0 amide bonds. The van der Waals surface area contributed by atoms with Crippen LogP contribution < -0.4 is 0 Å². The molecule has 7 heteroatoms. The largest absolute Gasteiger partial charge is 0.512 e. The summed E-state index contributed by atoms with van der Waals surface area (Å²) in [5.41, 5.74) is 5.90. The smallest absolute Gasteiger partial charge is 0.164 e. The van der Waals surface area contributed by atoms with E-state index < -0.39 is 0 Å². The van der Waals surface area contributed by atoms with Gasteiger partial charge >= 0.3 is 0 Å². The summed E-state index contributed by atoms with van der Waals surface area (Å²) >= 11 is 0. The van der Waals surface area contributed by atoms with Crippen LogP contribution in [0.1, 0.15) is 113 Å². The van der Waals surface area contributed by atoms with Gasteiger partial charge in [0.25, 0.3) is 0 Å². The second-order valence-corrected chi connectivity index (χ2v) is 15.5. The Balaban J connectivity index is 0.000000335. The normalized spacial score (nSPS) is 12.5. The average molecular weight is 867 g/mol. The van der Waals surface area contributed by atoms with E-state index in [0.717, 1.165) is 71.1 Å². The van der Waals surface area contributed by atoms with Gasteiger partial charge in [-0.05, 0) is 61.1 Å². The third kappa shape index (κ3) is 9.42. The van der Waals surface area contributed by atoms with Gasteiger partial charge < -0.3 is 9.52 Å². The fourth-order valence-corrected chi connectivity index (χ4v) is 6.10. The third-order valence-corrected chi connectivity index (χ3v) is 10.6. The Morgan fingerprint density at radius 2 is 1.49 bits per heavy atom. The number of hydrogen-bond donors (Lipinski definition) is 1. The minimum atomic E-state index is -0.337.